The zero-order valence-corrected chi connectivity index (χ0v) is 19.8. The predicted octanol–water partition coefficient (Wildman–Crippen LogP) is 4.80. The van der Waals surface area contributed by atoms with Crippen LogP contribution in [-0.2, 0) is 16.0 Å². The Morgan fingerprint density at radius 3 is 2.39 bits per heavy atom. The molecule has 2 atom stereocenters. The van der Waals surface area contributed by atoms with Crippen LogP contribution in [-0.4, -0.2) is 40.9 Å². The van der Waals surface area contributed by atoms with Gasteiger partial charge >= 0.3 is 6.03 Å². The molecule has 2 heterocycles. The van der Waals surface area contributed by atoms with Gasteiger partial charge in [0.1, 0.15) is 5.54 Å². The summed E-state index contributed by atoms with van der Waals surface area (Å²) in [4.78, 5) is 42.6. The monoisotopic (exact) mass is 523 g/mol. The molecule has 0 aromatic heterocycles. The van der Waals surface area contributed by atoms with Gasteiger partial charge in [-0.25, -0.2) is 14.6 Å². The van der Waals surface area contributed by atoms with Gasteiger partial charge in [-0.05, 0) is 62.2 Å². The van der Waals surface area contributed by atoms with Crippen molar-refractivity contribution in [3.63, 3.8) is 0 Å². The maximum atomic E-state index is 13.7. The van der Waals surface area contributed by atoms with Crippen LogP contribution >= 0.6 is 39.1 Å². The molecule has 2 aromatic carbocycles. The molecule has 9 heteroatoms. The van der Waals surface area contributed by atoms with E-state index in [0.717, 1.165) is 26.3 Å². The van der Waals surface area contributed by atoms with Crippen LogP contribution in [0, 0.1) is 0 Å². The Morgan fingerprint density at radius 1 is 1.16 bits per heavy atom. The first kappa shape index (κ1) is 22.3. The van der Waals surface area contributed by atoms with Gasteiger partial charge < -0.3 is 5.32 Å². The maximum Gasteiger partial charge on any atom is 0.339 e. The average molecular weight is 525 g/mol. The summed E-state index contributed by atoms with van der Waals surface area (Å²) in [7, 11) is 0. The Hall–Kier alpha value is -1.93. The highest BCUT2D eigenvalue weighted by atomic mass is 79.9. The summed E-state index contributed by atoms with van der Waals surface area (Å²) in [5, 5.41) is 3.71. The van der Waals surface area contributed by atoms with E-state index < -0.39 is 29.4 Å². The minimum atomic E-state index is -1.39. The lowest BCUT2D eigenvalue weighted by Gasteiger charge is -2.32. The third kappa shape index (κ3) is 4.12. The highest BCUT2D eigenvalue weighted by molar-refractivity contribution is 9.10. The number of carbonyl (C=O) groups excluding carboxylic acids is 3. The van der Waals surface area contributed by atoms with E-state index in [-0.39, 0.29) is 12.1 Å². The van der Waals surface area contributed by atoms with Crippen LogP contribution in [0.5, 0.6) is 0 Å². The Bertz CT molecular complexity index is 1040. The Morgan fingerprint density at radius 2 is 1.81 bits per heavy atom. The number of nitrogens with zero attached hydrogens (tertiary/aromatic N) is 2. The molecule has 162 valence electrons. The molecule has 2 saturated heterocycles. The summed E-state index contributed by atoms with van der Waals surface area (Å²) in [6, 6.07) is 10.8. The number of hydrogen-bond donors (Lipinski definition) is 1. The van der Waals surface area contributed by atoms with Crippen molar-refractivity contribution in [2.24, 2.45) is 0 Å². The molecule has 31 heavy (non-hydrogen) atoms. The van der Waals surface area contributed by atoms with E-state index in [0.29, 0.717) is 23.0 Å². The molecule has 2 fully saturated rings. The molecular weight excluding hydrogens is 505 g/mol. The van der Waals surface area contributed by atoms with Gasteiger partial charge in [0.05, 0.1) is 11.7 Å². The third-order valence-corrected chi connectivity index (χ3v) is 6.65. The van der Waals surface area contributed by atoms with Crippen LogP contribution in [0.3, 0.4) is 0 Å². The predicted molar refractivity (Wildman–Crippen MR) is 123 cm³/mol. The first-order chi connectivity index (χ1) is 14.7. The summed E-state index contributed by atoms with van der Waals surface area (Å²) in [6.07, 6.45) is 1.64. The van der Waals surface area contributed by atoms with E-state index in [4.69, 9.17) is 23.2 Å². The van der Waals surface area contributed by atoms with Crippen molar-refractivity contribution < 1.29 is 14.4 Å². The van der Waals surface area contributed by atoms with Gasteiger partial charge in [0.2, 0.25) is 5.91 Å². The number of imide groups is 2. The molecule has 4 rings (SSSR count). The standard InChI is InChI=1S/C22H20BrCl2N3O3/c1-22(12-13-4-6-14(23)7-5-13)20(30)27(17-10-15(24)9-16(25)11-17)21(31)28(22)19(29)18-3-2-8-26-18/h4-7,9-11,18,26H,2-3,8,12H2,1H3/t18?,22-/m1/s1. The minimum Gasteiger partial charge on any atom is -0.306 e. The first-order valence-corrected chi connectivity index (χ1v) is 11.4. The second kappa shape index (κ2) is 8.54. The lowest BCUT2D eigenvalue weighted by Crippen LogP contribution is -2.56. The largest absolute Gasteiger partial charge is 0.339 e. The molecular formula is C22H20BrCl2N3O3. The normalized spacial score (nSPS) is 23.7. The topological polar surface area (TPSA) is 69.7 Å². The fourth-order valence-electron chi connectivity index (χ4n) is 4.17. The number of amides is 4. The molecule has 2 aliphatic rings. The number of hydrogen-bond acceptors (Lipinski definition) is 4. The van der Waals surface area contributed by atoms with Crippen molar-refractivity contribution in [1.29, 1.82) is 0 Å². The molecule has 0 bridgehead atoms. The molecule has 0 spiro atoms. The summed E-state index contributed by atoms with van der Waals surface area (Å²) in [5.41, 5.74) is -0.319. The van der Waals surface area contributed by atoms with E-state index in [1.165, 1.54) is 18.2 Å². The van der Waals surface area contributed by atoms with Gasteiger partial charge in [-0.3, -0.25) is 9.59 Å². The number of carbonyl (C=O) groups is 3. The molecule has 1 unspecified atom stereocenters. The number of halogens is 3. The number of benzene rings is 2. The van der Waals surface area contributed by atoms with Gasteiger partial charge in [-0.2, -0.15) is 0 Å². The van der Waals surface area contributed by atoms with Crippen molar-refractivity contribution in [2.45, 2.75) is 37.8 Å². The second-order valence-electron chi connectivity index (χ2n) is 7.95. The van der Waals surface area contributed by atoms with Crippen LogP contribution in [0.4, 0.5) is 10.5 Å². The fourth-order valence-corrected chi connectivity index (χ4v) is 4.95. The highest BCUT2D eigenvalue weighted by Crippen LogP contribution is 2.37. The molecule has 2 aliphatic heterocycles. The van der Waals surface area contributed by atoms with E-state index in [2.05, 4.69) is 21.2 Å². The van der Waals surface area contributed by atoms with Gasteiger partial charge in [0.25, 0.3) is 5.91 Å². The lowest BCUT2D eigenvalue weighted by atomic mass is 9.90. The SMILES string of the molecule is C[C@@]1(Cc2ccc(Br)cc2)C(=O)N(c2cc(Cl)cc(Cl)c2)C(=O)N1C(=O)C1CCCN1. The summed E-state index contributed by atoms with van der Waals surface area (Å²) in [5.74, 6) is -0.892. The molecule has 0 saturated carbocycles. The van der Waals surface area contributed by atoms with E-state index >= 15 is 0 Å². The molecule has 4 amide bonds. The van der Waals surface area contributed by atoms with Gasteiger partial charge in [-0.1, -0.05) is 51.3 Å². The quantitative estimate of drug-likeness (QED) is 0.583. The molecule has 1 N–H and O–H groups in total. The second-order valence-corrected chi connectivity index (χ2v) is 9.74. The van der Waals surface area contributed by atoms with Gasteiger partial charge in [0, 0.05) is 20.9 Å². The fraction of sp³-hybridized carbons (Fsp3) is 0.318. The number of anilines is 1. The van der Waals surface area contributed by atoms with E-state index in [1.54, 1.807) is 6.92 Å². The number of rotatable bonds is 4. The van der Waals surface area contributed by atoms with Crippen LogP contribution in [0.15, 0.2) is 46.9 Å². The highest BCUT2D eigenvalue weighted by Gasteiger charge is 2.58. The van der Waals surface area contributed by atoms with Gasteiger partial charge in [0.15, 0.2) is 0 Å². The summed E-state index contributed by atoms with van der Waals surface area (Å²) in [6.45, 7) is 2.33. The number of urea groups is 1. The molecule has 0 radical (unpaired) electrons. The lowest BCUT2D eigenvalue weighted by molar-refractivity contribution is -0.138. The smallest absolute Gasteiger partial charge is 0.306 e. The van der Waals surface area contributed by atoms with E-state index in [9.17, 15) is 14.4 Å². The van der Waals surface area contributed by atoms with Crippen molar-refractivity contribution in [3.05, 3.63) is 62.5 Å². The summed E-state index contributed by atoms with van der Waals surface area (Å²) < 4.78 is 0.897. The molecule has 2 aromatic rings. The zero-order valence-electron chi connectivity index (χ0n) is 16.7. The molecule has 0 aliphatic carbocycles. The Kier molecular flexibility index (Phi) is 6.14. The first-order valence-electron chi connectivity index (χ1n) is 9.87. The van der Waals surface area contributed by atoms with Gasteiger partial charge in [-0.15, -0.1) is 0 Å². The average Bonchev–Trinajstić information content (AvgIpc) is 3.29. The van der Waals surface area contributed by atoms with Crippen LogP contribution in [0.25, 0.3) is 0 Å². The third-order valence-electron chi connectivity index (χ3n) is 5.69. The van der Waals surface area contributed by atoms with Crippen molar-refractivity contribution in [3.8, 4) is 0 Å². The minimum absolute atomic E-state index is 0.189. The summed E-state index contributed by atoms with van der Waals surface area (Å²) >= 11 is 15.6. The number of nitrogens with one attached hydrogen (secondary N) is 1. The maximum absolute atomic E-state index is 13.7. The van der Waals surface area contributed by atoms with Crippen LogP contribution < -0.4 is 10.2 Å². The van der Waals surface area contributed by atoms with E-state index in [1.807, 2.05) is 24.3 Å². The van der Waals surface area contributed by atoms with Crippen molar-refractivity contribution >= 4 is 62.7 Å². The van der Waals surface area contributed by atoms with Crippen molar-refractivity contribution in [1.82, 2.24) is 10.2 Å². The molecule has 6 nitrogen and oxygen atoms in total. The Labute approximate surface area is 198 Å². The zero-order chi connectivity index (χ0) is 22.3. The van der Waals surface area contributed by atoms with Crippen LogP contribution in [0.2, 0.25) is 10.0 Å². The Balaban J connectivity index is 1.78. The van der Waals surface area contributed by atoms with Crippen molar-refractivity contribution in [2.75, 3.05) is 11.4 Å². The van der Waals surface area contributed by atoms with Crippen LogP contribution in [0.1, 0.15) is 25.3 Å².